The quantitative estimate of drug-likeness (QED) is 0.912. The van der Waals surface area contributed by atoms with E-state index in [0.29, 0.717) is 6.54 Å². The second kappa shape index (κ2) is 5.25. The number of hydrogen-bond donors (Lipinski definition) is 1. The van der Waals surface area contributed by atoms with Crippen molar-refractivity contribution in [3.63, 3.8) is 0 Å². The SMILES string of the molecule is CC1CN(CC(F)(F)c2ccccc2)CC1C(=O)O. The van der Waals surface area contributed by atoms with E-state index in [1.165, 1.54) is 17.0 Å². The second-order valence-electron chi connectivity index (χ2n) is 5.19. The first-order chi connectivity index (χ1) is 8.90. The Morgan fingerprint density at radius 2 is 2.00 bits per heavy atom. The summed E-state index contributed by atoms with van der Waals surface area (Å²) in [5, 5.41) is 9.00. The van der Waals surface area contributed by atoms with Crippen molar-refractivity contribution in [2.75, 3.05) is 19.6 Å². The largest absolute Gasteiger partial charge is 0.481 e. The Balaban J connectivity index is 2.04. The molecule has 0 bridgehead atoms. The number of carbonyl (C=O) groups is 1. The second-order valence-corrected chi connectivity index (χ2v) is 5.19. The highest BCUT2D eigenvalue weighted by Crippen LogP contribution is 2.32. The van der Waals surface area contributed by atoms with Gasteiger partial charge in [0, 0.05) is 18.7 Å². The van der Waals surface area contributed by atoms with Crippen molar-refractivity contribution in [3.05, 3.63) is 35.9 Å². The van der Waals surface area contributed by atoms with Crippen molar-refractivity contribution in [1.82, 2.24) is 4.90 Å². The highest BCUT2D eigenvalue weighted by Gasteiger charge is 2.40. The highest BCUT2D eigenvalue weighted by molar-refractivity contribution is 5.71. The van der Waals surface area contributed by atoms with Crippen LogP contribution in [-0.4, -0.2) is 35.6 Å². The third kappa shape index (κ3) is 3.10. The normalized spacial score (nSPS) is 24.6. The maximum Gasteiger partial charge on any atom is 0.308 e. The molecule has 0 spiro atoms. The van der Waals surface area contributed by atoms with Crippen LogP contribution in [0.4, 0.5) is 8.78 Å². The molecule has 1 aromatic rings. The fourth-order valence-corrected chi connectivity index (χ4v) is 2.57. The number of rotatable bonds is 4. The molecule has 2 rings (SSSR count). The zero-order chi connectivity index (χ0) is 14.0. The molecule has 0 amide bonds. The molecule has 0 aliphatic carbocycles. The Bertz CT molecular complexity index is 450. The average Bonchev–Trinajstić information content (AvgIpc) is 2.71. The van der Waals surface area contributed by atoms with Crippen LogP contribution in [0.5, 0.6) is 0 Å². The number of alkyl halides is 2. The predicted octanol–water partition coefficient (Wildman–Crippen LogP) is 2.43. The monoisotopic (exact) mass is 269 g/mol. The minimum atomic E-state index is -2.95. The first-order valence-electron chi connectivity index (χ1n) is 6.28. The molecule has 0 saturated carbocycles. The number of nitrogens with zero attached hydrogens (tertiary/aromatic N) is 1. The molecule has 19 heavy (non-hydrogen) atoms. The molecule has 1 aromatic carbocycles. The summed E-state index contributed by atoms with van der Waals surface area (Å²) in [5.41, 5.74) is -0.0265. The molecule has 1 saturated heterocycles. The molecule has 2 atom stereocenters. The molecule has 1 aliphatic heterocycles. The number of benzene rings is 1. The van der Waals surface area contributed by atoms with Gasteiger partial charge in [0.15, 0.2) is 0 Å². The van der Waals surface area contributed by atoms with Crippen molar-refractivity contribution in [2.45, 2.75) is 12.8 Å². The van der Waals surface area contributed by atoms with Crippen LogP contribution in [0.25, 0.3) is 0 Å². The number of likely N-dealkylation sites (tertiary alicyclic amines) is 1. The summed E-state index contributed by atoms with van der Waals surface area (Å²) < 4.78 is 28.1. The lowest BCUT2D eigenvalue weighted by Gasteiger charge is -2.23. The number of carboxylic acid groups (broad SMARTS) is 1. The predicted molar refractivity (Wildman–Crippen MR) is 67.1 cm³/mol. The third-order valence-electron chi connectivity index (χ3n) is 3.62. The molecular formula is C14H17F2NO2. The van der Waals surface area contributed by atoms with Crippen molar-refractivity contribution < 1.29 is 18.7 Å². The van der Waals surface area contributed by atoms with Crippen LogP contribution < -0.4 is 0 Å². The van der Waals surface area contributed by atoms with Crippen molar-refractivity contribution in [3.8, 4) is 0 Å². The summed E-state index contributed by atoms with van der Waals surface area (Å²) in [7, 11) is 0. The Hall–Kier alpha value is -1.49. The van der Waals surface area contributed by atoms with Crippen molar-refractivity contribution >= 4 is 5.97 Å². The van der Waals surface area contributed by atoms with Gasteiger partial charge in [-0.2, -0.15) is 8.78 Å². The molecule has 1 N–H and O–H groups in total. The summed E-state index contributed by atoms with van der Waals surface area (Å²) in [6.45, 7) is 1.96. The minimum Gasteiger partial charge on any atom is -0.481 e. The van der Waals surface area contributed by atoms with Gasteiger partial charge in [0.1, 0.15) is 0 Å². The lowest BCUT2D eigenvalue weighted by molar-refractivity contribution is -0.142. The number of carboxylic acids is 1. The van der Waals surface area contributed by atoms with Gasteiger partial charge < -0.3 is 5.11 Å². The smallest absolute Gasteiger partial charge is 0.308 e. The summed E-state index contributed by atoms with van der Waals surface area (Å²) in [4.78, 5) is 12.5. The van der Waals surface area contributed by atoms with E-state index in [1.807, 2.05) is 0 Å². The molecule has 2 unspecified atom stereocenters. The van der Waals surface area contributed by atoms with Crippen molar-refractivity contribution in [2.24, 2.45) is 11.8 Å². The minimum absolute atomic E-state index is 0.0265. The van der Waals surface area contributed by atoms with Crippen LogP contribution in [0, 0.1) is 11.8 Å². The summed E-state index contributed by atoms with van der Waals surface area (Å²) in [6, 6.07) is 7.64. The fourth-order valence-electron chi connectivity index (χ4n) is 2.57. The molecule has 0 aromatic heterocycles. The van der Waals surface area contributed by atoms with Crippen LogP contribution in [-0.2, 0) is 10.7 Å². The Labute approximate surface area is 110 Å². The Morgan fingerprint density at radius 3 is 2.53 bits per heavy atom. The van der Waals surface area contributed by atoms with E-state index in [1.54, 1.807) is 25.1 Å². The summed E-state index contributed by atoms with van der Waals surface area (Å²) in [5.74, 6) is -4.50. The Morgan fingerprint density at radius 1 is 1.37 bits per heavy atom. The number of halogens is 2. The third-order valence-corrected chi connectivity index (χ3v) is 3.62. The van der Waals surface area contributed by atoms with Gasteiger partial charge in [0.05, 0.1) is 12.5 Å². The van der Waals surface area contributed by atoms with E-state index in [9.17, 15) is 13.6 Å². The van der Waals surface area contributed by atoms with Gasteiger partial charge in [-0.3, -0.25) is 9.69 Å². The highest BCUT2D eigenvalue weighted by atomic mass is 19.3. The molecule has 0 radical (unpaired) electrons. The summed E-state index contributed by atoms with van der Waals surface area (Å²) in [6.07, 6.45) is 0. The van der Waals surface area contributed by atoms with Crippen LogP contribution in [0.15, 0.2) is 30.3 Å². The van der Waals surface area contributed by atoms with E-state index < -0.39 is 24.4 Å². The zero-order valence-corrected chi connectivity index (χ0v) is 10.7. The van der Waals surface area contributed by atoms with Gasteiger partial charge in [-0.15, -0.1) is 0 Å². The summed E-state index contributed by atoms with van der Waals surface area (Å²) >= 11 is 0. The lowest BCUT2D eigenvalue weighted by Crippen LogP contribution is -2.34. The van der Waals surface area contributed by atoms with E-state index >= 15 is 0 Å². The molecule has 5 heteroatoms. The van der Waals surface area contributed by atoms with E-state index in [0.717, 1.165) is 0 Å². The molecule has 1 aliphatic rings. The molecular weight excluding hydrogens is 252 g/mol. The van der Waals surface area contributed by atoms with Crippen LogP contribution >= 0.6 is 0 Å². The molecule has 1 heterocycles. The van der Waals surface area contributed by atoms with E-state index in [2.05, 4.69) is 0 Å². The fraction of sp³-hybridized carbons (Fsp3) is 0.500. The van der Waals surface area contributed by atoms with Gasteiger partial charge >= 0.3 is 5.97 Å². The van der Waals surface area contributed by atoms with Crippen LogP contribution in [0.1, 0.15) is 12.5 Å². The standard InChI is InChI=1S/C14H17F2NO2/c1-10-7-17(8-12(10)13(18)19)9-14(15,16)11-5-3-2-4-6-11/h2-6,10,12H,7-9H2,1H3,(H,18,19). The van der Waals surface area contributed by atoms with E-state index in [4.69, 9.17) is 5.11 Å². The van der Waals surface area contributed by atoms with Gasteiger partial charge in [0.25, 0.3) is 5.92 Å². The van der Waals surface area contributed by atoms with Gasteiger partial charge in [-0.05, 0) is 5.92 Å². The number of aliphatic carboxylic acids is 1. The van der Waals surface area contributed by atoms with Crippen LogP contribution in [0.2, 0.25) is 0 Å². The van der Waals surface area contributed by atoms with E-state index in [-0.39, 0.29) is 18.0 Å². The molecule has 104 valence electrons. The maximum absolute atomic E-state index is 14.1. The number of hydrogen-bond acceptors (Lipinski definition) is 2. The van der Waals surface area contributed by atoms with Crippen molar-refractivity contribution in [1.29, 1.82) is 0 Å². The van der Waals surface area contributed by atoms with Gasteiger partial charge in [-0.1, -0.05) is 37.3 Å². The van der Waals surface area contributed by atoms with Gasteiger partial charge in [0.2, 0.25) is 0 Å². The molecule has 1 fully saturated rings. The Kier molecular flexibility index (Phi) is 3.85. The maximum atomic E-state index is 14.1. The molecule has 3 nitrogen and oxygen atoms in total. The zero-order valence-electron chi connectivity index (χ0n) is 10.7. The van der Waals surface area contributed by atoms with Crippen LogP contribution in [0.3, 0.4) is 0 Å². The topological polar surface area (TPSA) is 40.5 Å². The first-order valence-corrected chi connectivity index (χ1v) is 6.28. The lowest BCUT2D eigenvalue weighted by atomic mass is 9.99. The van der Waals surface area contributed by atoms with Gasteiger partial charge in [-0.25, -0.2) is 0 Å². The first kappa shape index (κ1) is 13.9. The average molecular weight is 269 g/mol.